The summed E-state index contributed by atoms with van der Waals surface area (Å²) < 4.78 is 13.1. The number of anilines is 1. The number of benzene rings is 1. The van der Waals surface area contributed by atoms with Gasteiger partial charge in [-0.05, 0) is 37.5 Å². The molecule has 1 heterocycles. The molecule has 0 saturated heterocycles. The van der Waals surface area contributed by atoms with Crippen LogP contribution in [0.3, 0.4) is 0 Å². The lowest BCUT2D eigenvalue weighted by molar-refractivity contribution is 0.576. The quantitative estimate of drug-likeness (QED) is 0.919. The van der Waals surface area contributed by atoms with Gasteiger partial charge in [0.1, 0.15) is 17.5 Å². The Morgan fingerprint density at radius 2 is 1.71 bits per heavy atom. The van der Waals surface area contributed by atoms with Gasteiger partial charge in [0.05, 0.1) is 0 Å². The number of aromatic nitrogens is 2. The standard InChI is InChI=1S/C17H22FN3/c1-11(2)14-10-15(19-5)21-16(20-14)17(3,4)12-6-8-13(18)9-7-12/h6-11H,1-5H3,(H,19,20,21). The number of rotatable bonds is 4. The van der Waals surface area contributed by atoms with Crippen molar-refractivity contribution in [1.82, 2.24) is 9.97 Å². The van der Waals surface area contributed by atoms with Gasteiger partial charge in [-0.1, -0.05) is 26.0 Å². The zero-order valence-electron chi connectivity index (χ0n) is 13.2. The van der Waals surface area contributed by atoms with Gasteiger partial charge in [0.15, 0.2) is 0 Å². The molecule has 2 rings (SSSR count). The molecule has 1 N–H and O–H groups in total. The van der Waals surface area contributed by atoms with Crippen molar-refractivity contribution >= 4 is 5.82 Å². The molecule has 0 radical (unpaired) electrons. The Morgan fingerprint density at radius 3 is 2.24 bits per heavy atom. The molecule has 4 heteroatoms. The summed E-state index contributed by atoms with van der Waals surface area (Å²) in [4.78, 5) is 9.30. The first kappa shape index (κ1) is 15.4. The molecule has 1 aromatic carbocycles. The van der Waals surface area contributed by atoms with Crippen molar-refractivity contribution in [3.8, 4) is 0 Å². The fraction of sp³-hybridized carbons (Fsp3) is 0.412. The van der Waals surface area contributed by atoms with Crippen LogP contribution >= 0.6 is 0 Å². The molecule has 0 unspecified atom stereocenters. The molecule has 112 valence electrons. The molecule has 1 aromatic heterocycles. The van der Waals surface area contributed by atoms with Crippen LogP contribution in [0.5, 0.6) is 0 Å². The van der Waals surface area contributed by atoms with Crippen LogP contribution in [0, 0.1) is 5.82 Å². The second-order valence-corrected chi connectivity index (χ2v) is 6.04. The van der Waals surface area contributed by atoms with E-state index in [0.29, 0.717) is 5.92 Å². The number of nitrogens with one attached hydrogen (secondary N) is 1. The fourth-order valence-electron chi connectivity index (χ4n) is 2.17. The van der Waals surface area contributed by atoms with Crippen LogP contribution in [0.25, 0.3) is 0 Å². The maximum atomic E-state index is 13.1. The van der Waals surface area contributed by atoms with E-state index in [1.54, 1.807) is 12.1 Å². The van der Waals surface area contributed by atoms with Gasteiger partial charge < -0.3 is 5.32 Å². The van der Waals surface area contributed by atoms with Gasteiger partial charge in [0, 0.05) is 24.2 Å². The third-order valence-electron chi connectivity index (χ3n) is 3.72. The van der Waals surface area contributed by atoms with E-state index >= 15 is 0 Å². The van der Waals surface area contributed by atoms with Gasteiger partial charge in [0.25, 0.3) is 0 Å². The number of hydrogen-bond donors (Lipinski definition) is 1. The molecule has 0 aliphatic carbocycles. The molecule has 0 aliphatic rings. The van der Waals surface area contributed by atoms with Crippen molar-refractivity contribution in [1.29, 1.82) is 0 Å². The molecule has 0 aliphatic heterocycles. The topological polar surface area (TPSA) is 37.8 Å². The van der Waals surface area contributed by atoms with E-state index in [-0.39, 0.29) is 11.2 Å². The highest BCUT2D eigenvalue weighted by Gasteiger charge is 2.27. The van der Waals surface area contributed by atoms with Crippen LogP contribution in [0.15, 0.2) is 30.3 Å². The van der Waals surface area contributed by atoms with Gasteiger partial charge in [-0.2, -0.15) is 0 Å². The zero-order valence-corrected chi connectivity index (χ0v) is 13.2. The Kier molecular flexibility index (Phi) is 4.26. The lowest BCUT2D eigenvalue weighted by Crippen LogP contribution is -2.24. The maximum Gasteiger partial charge on any atom is 0.140 e. The van der Waals surface area contributed by atoms with Crippen LogP contribution in [0.2, 0.25) is 0 Å². The van der Waals surface area contributed by atoms with Crippen molar-refractivity contribution in [2.45, 2.75) is 39.0 Å². The normalized spacial score (nSPS) is 11.8. The van der Waals surface area contributed by atoms with Gasteiger partial charge in [-0.3, -0.25) is 0 Å². The third kappa shape index (κ3) is 3.20. The van der Waals surface area contributed by atoms with Gasteiger partial charge in [-0.25, -0.2) is 14.4 Å². The summed E-state index contributed by atoms with van der Waals surface area (Å²) in [6.07, 6.45) is 0. The summed E-state index contributed by atoms with van der Waals surface area (Å²) in [6.45, 7) is 8.32. The first-order valence-electron chi connectivity index (χ1n) is 7.18. The van der Waals surface area contributed by atoms with Crippen LogP contribution in [-0.4, -0.2) is 17.0 Å². The lowest BCUT2D eigenvalue weighted by Gasteiger charge is -2.25. The minimum Gasteiger partial charge on any atom is -0.373 e. The van der Waals surface area contributed by atoms with Crippen LogP contribution in [0.4, 0.5) is 10.2 Å². The second kappa shape index (κ2) is 5.80. The van der Waals surface area contributed by atoms with Crippen molar-refractivity contribution < 1.29 is 4.39 Å². The minimum atomic E-state index is -0.385. The van der Waals surface area contributed by atoms with Gasteiger partial charge >= 0.3 is 0 Å². The molecule has 0 bridgehead atoms. The highest BCUT2D eigenvalue weighted by Crippen LogP contribution is 2.30. The van der Waals surface area contributed by atoms with Crippen LogP contribution < -0.4 is 5.32 Å². The summed E-state index contributed by atoms with van der Waals surface area (Å²) in [7, 11) is 1.85. The highest BCUT2D eigenvalue weighted by molar-refractivity contribution is 5.40. The second-order valence-electron chi connectivity index (χ2n) is 6.04. The molecule has 0 atom stereocenters. The lowest BCUT2D eigenvalue weighted by atomic mass is 9.83. The Balaban J connectivity index is 2.52. The monoisotopic (exact) mass is 287 g/mol. The highest BCUT2D eigenvalue weighted by atomic mass is 19.1. The van der Waals surface area contributed by atoms with E-state index in [1.165, 1.54) is 12.1 Å². The van der Waals surface area contributed by atoms with E-state index in [2.05, 4.69) is 38.0 Å². The smallest absolute Gasteiger partial charge is 0.140 e. The zero-order chi connectivity index (χ0) is 15.6. The average molecular weight is 287 g/mol. The van der Waals surface area contributed by atoms with Crippen molar-refractivity contribution in [3.05, 3.63) is 53.2 Å². The van der Waals surface area contributed by atoms with Crippen molar-refractivity contribution in [2.75, 3.05) is 12.4 Å². The van der Waals surface area contributed by atoms with Crippen molar-refractivity contribution in [3.63, 3.8) is 0 Å². The SMILES string of the molecule is CNc1cc(C(C)C)nc(C(C)(C)c2ccc(F)cc2)n1. The van der Waals surface area contributed by atoms with E-state index in [9.17, 15) is 4.39 Å². The van der Waals surface area contributed by atoms with E-state index in [1.807, 2.05) is 13.1 Å². The Bertz CT molecular complexity index is 618. The predicted octanol–water partition coefficient (Wildman–Crippen LogP) is 4.11. The molecule has 0 amide bonds. The molecule has 3 nitrogen and oxygen atoms in total. The Hall–Kier alpha value is -1.97. The summed E-state index contributed by atoms with van der Waals surface area (Å²) in [5.41, 5.74) is 1.61. The number of hydrogen-bond acceptors (Lipinski definition) is 3. The number of nitrogens with zero attached hydrogens (tertiary/aromatic N) is 2. The van der Waals surface area contributed by atoms with Gasteiger partial charge in [0.2, 0.25) is 0 Å². The van der Waals surface area contributed by atoms with Crippen molar-refractivity contribution in [2.24, 2.45) is 0 Å². The first-order valence-corrected chi connectivity index (χ1v) is 7.18. The van der Waals surface area contributed by atoms with Gasteiger partial charge in [-0.15, -0.1) is 0 Å². The van der Waals surface area contributed by atoms with E-state index in [0.717, 1.165) is 22.9 Å². The van der Waals surface area contributed by atoms with Crippen LogP contribution in [-0.2, 0) is 5.41 Å². The Labute approximate surface area is 125 Å². The number of halogens is 1. The first-order chi connectivity index (χ1) is 9.84. The average Bonchev–Trinajstić information content (AvgIpc) is 2.47. The summed E-state index contributed by atoms with van der Waals surface area (Å²) in [6, 6.07) is 8.50. The predicted molar refractivity (Wildman–Crippen MR) is 84.2 cm³/mol. The minimum absolute atomic E-state index is 0.234. The molecule has 2 aromatic rings. The molecule has 0 fully saturated rings. The van der Waals surface area contributed by atoms with Crippen LogP contribution in [0.1, 0.15) is 50.7 Å². The molecular formula is C17H22FN3. The molecule has 0 saturated carbocycles. The van der Waals surface area contributed by atoms with E-state index in [4.69, 9.17) is 4.98 Å². The molecular weight excluding hydrogens is 265 g/mol. The third-order valence-corrected chi connectivity index (χ3v) is 3.72. The maximum absolute atomic E-state index is 13.1. The molecule has 0 spiro atoms. The molecule has 21 heavy (non-hydrogen) atoms. The summed E-state index contributed by atoms with van der Waals surface area (Å²) >= 11 is 0. The largest absolute Gasteiger partial charge is 0.373 e. The Morgan fingerprint density at radius 1 is 1.10 bits per heavy atom. The van der Waals surface area contributed by atoms with E-state index < -0.39 is 0 Å². The summed E-state index contributed by atoms with van der Waals surface area (Å²) in [5, 5.41) is 3.08. The summed E-state index contributed by atoms with van der Waals surface area (Å²) in [5.74, 6) is 1.63. The fourth-order valence-corrected chi connectivity index (χ4v) is 2.17.